The molecule has 1 heterocycles. The molecule has 0 saturated heterocycles. The van der Waals surface area contributed by atoms with Crippen LogP contribution in [0.1, 0.15) is 18.1 Å². The monoisotopic (exact) mass is 247 g/mol. The van der Waals surface area contributed by atoms with Crippen molar-refractivity contribution in [3.63, 3.8) is 0 Å². The van der Waals surface area contributed by atoms with Gasteiger partial charge in [-0.3, -0.25) is 9.59 Å². The summed E-state index contributed by atoms with van der Waals surface area (Å²) in [7, 11) is 0. The molecule has 0 bridgehead atoms. The molecular formula is C13H17N3O2. The zero-order valence-corrected chi connectivity index (χ0v) is 10.3. The maximum absolute atomic E-state index is 11.9. The lowest BCUT2D eigenvalue weighted by Gasteiger charge is -2.17. The molecule has 1 aliphatic rings. The molecule has 2 atom stereocenters. The van der Waals surface area contributed by atoms with E-state index in [-0.39, 0.29) is 11.8 Å². The van der Waals surface area contributed by atoms with E-state index in [1.54, 1.807) is 6.92 Å². The van der Waals surface area contributed by atoms with Crippen molar-refractivity contribution in [2.45, 2.75) is 32.0 Å². The number of hydrogen-bond acceptors (Lipinski definition) is 3. The van der Waals surface area contributed by atoms with Crippen molar-refractivity contribution < 1.29 is 9.59 Å². The second-order valence-corrected chi connectivity index (χ2v) is 4.54. The first kappa shape index (κ1) is 12.6. The van der Waals surface area contributed by atoms with Crippen LogP contribution in [0, 0.1) is 0 Å². The Morgan fingerprint density at radius 2 is 2.11 bits per heavy atom. The lowest BCUT2D eigenvalue weighted by molar-refractivity contribution is -0.129. The second-order valence-electron chi connectivity index (χ2n) is 4.54. The van der Waals surface area contributed by atoms with E-state index < -0.39 is 12.1 Å². The van der Waals surface area contributed by atoms with Gasteiger partial charge in [0.2, 0.25) is 11.8 Å². The van der Waals surface area contributed by atoms with Crippen molar-refractivity contribution in [3.8, 4) is 0 Å². The summed E-state index contributed by atoms with van der Waals surface area (Å²) >= 11 is 0. The Labute approximate surface area is 106 Å². The molecule has 1 aliphatic heterocycles. The van der Waals surface area contributed by atoms with Crippen LogP contribution in [-0.4, -0.2) is 23.9 Å². The number of fused-ring (bicyclic) bond motifs is 1. The molecule has 5 nitrogen and oxygen atoms in total. The molecule has 2 amide bonds. The van der Waals surface area contributed by atoms with Gasteiger partial charge in [0.15, 0.2) is 0 Å². The predicted molar refractivity (Wildman–Crippen MR) is 67.6 cm³/mol. The summed E-state index contributed by atoms with van der Waals surface area (Å²) in [5.74, 6) is -0.477. The van der Waals surface area contributed by atoms with Gasteiger partial charge in [-0.25, -0.2) is 0 Å². The van der Waals surface area contributed by atoms with E-state index in [9.17, 15) is 9.59 Å². The first-order valence-corrected chi connectivity index (χ1v) is 5.98. The van der Waals surface area contributed by atoms with Crippen LogP contribution in [0.5, 0.6) is 0 Å². The van der Waals surface area contributed by atoms with E-state index in [4.69, 9.17) is 5.73 Å². The van der Waals surface area contributed by atoms with Crippen LogP contribution in [0.2, 0.25) is 0 Å². The summed E-state index contributed by atoms with van der Waals surface area (Å²) in [6.07, 6.45) is 0.500. The highest BCUT2D eigenvalue weighted by Gasteiger charge is 2.25. The minimum Gasteiger partial charge on any atom is -0.350 e. The minimum absolute atomic E-state index is 0.166. The van der Waals surface area contributed by atoms with Crippen LogP contribution in [-0.2, 0) is 22.6 Å². The molecule has 2 unspecified atom stereocenters. The molecule has 18 heavy (non-hydrogen) atoms. The summed E-state index contributed by atoms with van der Waals surface area (Å²) in [5.41, 5.74) is 7.65. The Bertz CT molecular complexity index is 471. The number of carbonyl (C=O) groups excluding carboxylic acids is 2. The molecule has 1 aromatic rings. The zero-order valence-electron chi connectivity index (χ0n) is 10.3. The fraction of sp³-hybridized carbons (Fsp3) is 0.385. The van der Waals surface area contributed by atoms with Crippen molar-refractivity contribution in [2.24, 2.45) is 5.73 Å². The van der Waals surface area contributed by atoms with Crippen LogP contribution in [0.4, 0.5) is 0 Å². The van der Waals surface area contributed by atoms with Crippen molar-refractivity contribution in [3.05, 3.63) is 35.4 Å². The molecule has 1 aromatic carbocycles. The first-order valence-electron chi connectivity index (χ1n) is 5.98. The molecule has 5 heteroatoms. The van der Waals surface area contributed by atoms with Crippen LogP contribution >= 0.6 is 0 Å². The van der Waals surface area contributed by atoms with Crippen molar-refractivity contribution >= 4 is 11.8 Å². The Kier molecular flexibility index (Phi) is 3.62. The molecule has 0 spiro atoms. The Morgan fingerprint density at radius 1 is 1.44 bits per heavy atom. The van der Waals surface area contributed by atoms with Gasteiger partial charge in [0.25, 0.3) is 0 Å². The smallest absolute Gasteiger partial charge is 0.243 e. The molecule has 0 radical (unpaired) electrons. The van der Waals surface area contributed by atoms with E-state index >= 15 is 0 Å². The SMILES string of the molecule is CC(N)C(=O)NC1Cc2ccccc2CNC1=O. The third-order valence-electron chi connectivity index (χ3n) is 3.04. The molecule has 4 N–H and O–H groups in total. The molecule has 0 aliphatic carbocycles. The number of nitrogens with one attached hydrogen (secondary N) is 2. The number of carbonyl (C=O) groups is 2. The van der Waals surface area contributed by atoms with E-state index in [0.29, 0.717) is 13.0 Å². The molecule has 0 aromatic heterocycles. The number of hydrogen-bond donors (Lipinski definition) is 3. The molecule has 0 saturated carbocycles. The van der Waals surface area contributed by atoms with Crippen molar-refractivity contribution in [1.29, 1.82) is 0 Å². The second kappa shape index (κ2) is 5.18. The summed E-state index contributed by atoms with van der Waals surface area (Å²) < 4.78 is 0. The maximum atomic E-state index is 11.9. The molecule has 96 valence electrons. The van der Waals surface area contributed by atoms with Crippen LogP contribution in [0.15, 0.2) is 24.3 Å². The Hall–Kier alpha value is -1.88. The summed E-state index contributed by atoms with van der Waals surface area (Å²) in [6, 6.07) is 6.65. The highest BCUT2D eigenvalue weighted by atomic mass is 16.2. The Morgan fingerprint density at radius 3 is 2.78 bits per heavy atom. The summed E-state index contributed by atoms with van der Waals surface area (Å²) in [4.78, 5) is 23.4. The standard InChI is InChI=1S/C13H17N3O2/c1-8(14)12(17)16-11-6-9-4-2-3-5-10(9)7-15-13(11)18/h2-5,8,11H,6-7,14H2,1H3,(H,15,18)(H,16,17). The van der Waals surface area contributed by atoms with Crippen molar-refractivity contribution in [1.82, 2.24) is 10.6 Å². The fourth-order valence-electron chi connectivity index (χ4n) is 1.97. The van der Waals surface area contributed by atoms with Gasteiger partial charge >= 0.3 is 0 Å². The largest absolute Gasteiger partial charge is 0.350 e. The van der Waals surface area contributed by atoms with Gasteiger partial charge in [-0.2, -0.15) is 0 Å². The lowest BCUT2D eigenvalue weighted by atomic mass is 10.0. The van der Waals surface area contributed by atoms with Gasteiger partial charge in [-0.05, 0) is 18.1 Å². The zero-order chi connectivity index (χ0) is 13.1. The summed E-state index contributed by atoms with van der Waals surface area (Å²) in [5, 5.41) is 5.47. The van der Waals surface area contributed by atoms with Crippen molar-refractivity contribution in [2.75, 3.05) is 0 Å². The molecule has 0 fully saturated rings. The van der Waals surface area contributed by atoms with E-state index in [1.165, 1.54) is 0 Å². The van der Waals surface area contributed by atoms with Gasteiger partial charge in [0.05, 0.1) is 6.04 Å². The maximum Gasteiger partial charge on any atom is 0.243 e. The quantitative estimate of drug-likeness (QED) is 0.670. The molecule has 2 rings (SSSR count). The molecular weight excluding hydrogens is 230 g/mol. The third kappa shape index (κ3) is 2.68. The number of amides is 2. The Balaban J connectivity index is 2.16. The van der Waals surface area contributed by atoms with Crippen LogP contribution in [0.3, 0.4) is 0 Å². The third-order valence-corrected chi connectivity index (χ3v) is 3.04. The highest BCUT2D eigenvalue weighted by molar-refractivity contribution is 5.90. The van der Waals surface area contributed by atoms with Gasteiger partial charge in [0, 0.05) is 13.0 Å². The predicted octanol–water partition coefficient (Wildman–Crippen LogP) is -0.309. The number of nitrogens with two attached hydrogens (primary N) is 1. The highest BCUT2D eigenvalue weighted by Crippen LogP contribution is 2.14. The van der Waals surface area contributed by atoms with Crippen LogP contribution < -0.4 is 16.4 Å². The van der Waals surface area contributed by atoms with E-state index in [2.05, 4.69) is 10.6 Å². The number of rotatable bonds is 2. The van der Waals surface area contributed by atoms with Gasteiger partial charge in [0.1, 0.15) is 6.04 Å². The van der Waals surface area contributed by atoms with Gasteiger partial charge < -0.3 is 16.4 Å². The lowest BCUT2D eigenvalue weighted by Crippen LogP contribution is -2.50. The average Bonchev–Trinajstić information content (AvgIpc) is 2.50. The minimum atomic E-state index is -0.615. The van der Waals surface area contributed by atoms with E-state index in [1.807, 2.05) is 24.3 Å². The van der Waals surface area contributed by atoms with E-state index in [0.717, 1.165) is 11.1 Å². The topological polar surface area (TPSA) is 84.2 Å². The van der Waals surface area contributed by atoms with Gasteiger partial charge in [-0.15, -0.1) is 0 Å². The average molecular weight is 247 g/mol. The van der Waals surface area contributed by atoms with Crippen LogP contribution in [0.25, 0.3) is 0 Å². The number of benzene rings is 1. The first-order chi connectivity index (χ1) is 8.58. The normalized spacial score (nSPS) is 20.3. The summed E-state index contributed by atoms with van der Waals surface area (Å²) in [6.45, 7) is 2.09. The fourth-order valence-corrected chi connectivity index (χ4v) is 1.97. The van der Waals surface area contributed by atoms with Gasteiger partial charge in [-0.1, -0.05) is 24.3 Å².